The number of rotatable bonds is 7. The molecule has 1 atom stereocenters. The molecule has 2 aromatic carbocycles. The number of anilines is 2. The van der Waals surface area contributed by atoms with E-state index < -0.39 is 22.0 Å². The molecule has 1 heterocycles. The van der Waals surface area contributed by atoms with Crippen LogP contribution in [0.3, 0.4) is 0 Å². The maximum atomic E-state index is 13.0. The number of amides is 1. The second-order valence-corrected chi connectivity index (χ2v) is 9.46. The first-order chi connectivity index (χ1) is 13.8. The van der Waals surface area contributed by atoms with E-state index >= 15 is 0 Å². The van der Waals surface area contributed by atoms with E-state index in [1.165, 1.54) is 0 Å². The van der Waals surface area contributed by atoms with Gasteiger partial charge in [-0.15, -0.1) is 0 Å². The fourth-order valence-electron chi connectivity index (χ4n) is 3.30. The first kappa shape index (κ1) is 21.1. The van der Waals surface area contributed by atoms with Crippen molar-refractivity contribution in [3.05, 3.63) is 58.2 Å². The molecule has 1 N–H and O–H groups in total. The SMILES string of the molecule is CC[C@H](C(=O)Nc1ccc2c(c1)sc(=O)n2CC)N(c1ccccc1)S(C)(=O)=O. The van der Waals surface area contributed by atoms with Gasteiger partial charge in [0.15, 0.2) is 0 Å². The number of benzene rings is 2. The molecule has 0 aliphatic rings. The Balaban J connectivity index is 1.93. The third-order valence-corrected chi connectivity index (χ3v) is 6.71. The van der Waals surface area contributed by atoms with Crippen molar-refractivity contribution in [1.82, 2.24) is 4.57 Å². The quantitative estimate of drug-likeness (QED) is 0.619. The highest BCUT2D eigenvalue weighted by Crippen LogP contribution is 2.25. The molecule has 0 saturated heterocycles. The van der Waals surface area contributed by atoms with Crippen LogP contribution in [-0.4, -0.2) is 31.2 Å². The summed E-state index contributed by atoms with van der Waals surface area (Å²) in [6, 6.07) is 12.9. The Labute approximate surface area is 173 Å². The minimum atomic E-state index is -3.68. The van der Waals surface area contributed by atoms with E-state index in [0.717, 1.165) is 32.1 Å². The van der Waals surface area contributed by atoms with Crippen molar-refractivity contribution in [2.45, 2.75) is 32.9 Å². The third kappa shape index (κ3) is 4.35. The van der Waals surface area contributed by atoms with Crippen molar-refractivity contribution in [2.75, 3.05) is 15.9 Å². The van der Waals surface area contributed by atoms with Crippen LogP contribution in [0.15, 0.2) is 53.3 Å². The molecular weight excluding hydrogens is 410 g/mol. The van der Waals surface area contributed by atoms with Crippen LogP contribution in [0.1, 0.15) is 20.3 Å². The summed E-state index contributed by atoms with van der Waals surface area (Å²) in [5.41, 5.74) is 1.77. The van der Waals surface area contributed by atoms with Crippen molar-refractivity contribution >= 4 is 48.9 Å². The highest BCUT2D eigenvalue weighted by Gasteiger charge is 2.31. The van der Waals surface area contributed by atoms with Crippen LogP contribution in [-0.2, 0) is 21.4 Å². The van der Waals surface area contributed by atoms with Gasteiger partial charge >= 0.3 is 4.87 Å². The van der Waals surface area contributed by atoms with Gasteiger partial charge in [-0.05, 0) is 43.7 Å². The number of hydrogen-bond acceptors (Lipinski definition) is 5. The fourth-order valence-corrected chi connectivity index (χ4v) is 5.51. The molecule has 1 amide bonds. The predicted molar refractivity (Wildman–Crippen MR) is 118 cm³/mol. The molecule has 0 aliphatic carbocycles. The largest absolute Gasteiger partial charge is 0.324 e. The first-order valence-electron chi connectivity index (χ1n) is 9.25. The third-order valence-electron chi connectivity index (χ3n) is 4.59. The van der Waals surface area contributed by atoms with Crippen LogP contribution in [0, 0.1) is 0 Å². The molecule has 0 saturated carbocycles. The summed E-state index contributed by atoms with van der Waals surface area (Å²) < 4.78 is 28.5. The zero-order valence-corrected chi connectivity index (χ0v) is 18.1. The molecule has 3 aromatic rings. The minimum absolute atomic E-state index is 0.0512. The van der Waals surface area contributed by atoms with Gasteiger partial charge in [0, 0.05) is 12.2 Å². The molecule has 9 heteroatoms. The fraction of sp³-hybridized carbons (Fsp3) is 0.300. The Hall–Kier alpha value is -2.65. The van der Waals surface area contributed by atoms with Gasteiger partial charge < -0.3 is 5.32 Å². The lowest BCUT2D eigenvalue weighted by Gasteiger charge is -2.30. The molecule has 1 aromatic heterocycles. The second-order valence-electron chi connectivity index (χ2n) is 6.60. The average molecular weight is 434 g/mol. The van der Waals surface area contributed by atoms with E-state index in [1.807, 2.05) is 6.92 Å². The summed E-state index contributed by atoms with van der Waals surface area (Å²) in [6.45, 7) is 4.24. The number of carbonyl (C=O) groups is 1. The lowest BCUT2D eigenvalue weighted by atomic mass is 10.1. The maximum Gasteiger partial charge on any atom is 0.308 e. The summed E-state index contributed by atoms with van der Waals surface area (Å²) in [6.07, 6.45) is 1.39. The second kappa shape index (κ2) is 8.38. The Kier molecular flexibility index (Phi) is 6.09. The number of nitrogens with one attached hydrogen (secondary N) is 1. The first-order valence-corrected chi connectivity index (χ1v) is 11.9. The van der Waals surface area contributed by atoms with E-state index in [-0.39, 0.29) is 4.87 Å². The van der Waals surface area contributed by atoms with Gasteiger partial charge in [-0.25, -0.2) is 8.42 Å². The molecule has 0 fully saturated rings. The monoisotopic (exact) mass is 433 g/mol. The molecule has 29 heavy (non-hydrogen) atoms. The predicted octanol–water partition coefficient (Wildman–Crippen LogP) is 3.27. The van der Waals surface area contributed by atoms with Crippen molar-refractivity contribution in [2.24, 2.45) is 0 Å². The Morgan fingerprint density at radius 3 is 2.45 bits per heavy atom. The molecule has 3 rings (SSSR count). The molecule has 0 unspecified atom stereocenters. The zero-order valence-electron chi connectivity index (χ0n) is 16.5. The smallest absolute Gasteiger partial charge is 0.308 e. The highest BCUT2D eigenvalue weighted by molar-refractivity contribution is 7.92. The van der Waals surface area contributed by atoms with Crippen LogP contribution in [0.25, 0.3) is 10.2 Å². The summed E-state index contributed by atoms with van der Waals surface area (Å²) in [5, 5.41) is 2.80. The standard InChI is InChI=1S/C20H23N3O4S2/c1-4-16(23(29(3,26)27)15-9-7-6-8-10-15)19(24)21-14-11-12-17-18(13-14)28-20(25)22(17)5-2/h6-13,16H,4-5H2,1-3H3,(H,21,24)/t16-/m1/s1. The van der Waals surface area contributed by atoms with Gasteiger partial charge in [-0.2, -0.15) is 0 Å². The van der Waals surface area contributed by atoms with Gasteiger partial charge in [0.25, 0.3) is 0 Å². The van der Waals surface area contributed by atoms with E-state index in [4.69, 9.17) is 0 Å². The maximum absolute atomic E-state index is 13.0. The summed E-state index contributed by atoms with van der Waals surface area (Å²) in [4.78, 5) is 25.0. The molecule has 154 valence electrons. The number of aromatic nitrogens is 1. The average Bonchev–Trinajstić information content (AvgIpc) is 2.99. The van der Waals surface area contributed by atoms with E-state index in [9.17, 15) is 18.0 Å². The lowest BCUT2D eigenvalue weighted by Crippen LogP contribution is -2.46. The Morgan fingerprint density at radius 2 is 1.86 bits per heavy atom. The number of thiazole rings is 1. The molecule has 0 radical (unpaired) electrons. The van der Waals surface area contributed by atoms with E-state index in [0.29, 0.717) is 24.3 Å². The van der Waals surface area contributed by atoms with Crippen molar-refractivity contribution < 1.29 is 13.2 Å². The van der Waals surface area contributed by atoms with Gasteiger partial charge in [0.1, 0.15) is 6.04 Å². The Morgan fingerprint density at radius 1 is 1.17 bits per heavy atom. The number of aryl methyl sites for hydroxylation is 1. The summed E-state index contributed by atoms with van der Waals surface area (Å²) in [7, 11) is -3.68. The number of sulfonamides is 1. The molecule has 7 nitrogen and oxygen atoms in total. The van der Waals surface area contributed by atoms with Crippen molar-refractivity contribution in [3.8, 4) is 0 Å². The van der Waals surface area contributed by atoms with Crippen LogP contribution in [0.5, 0.6) is 0 Å². The highest BCUT2D eigenvalue weighted by atomic mass is 32.2. The Bertz CT molecular complexity index is 1180. The molecule has 0 bridgehead atoms. The number of hydrogen-bond donors (Lipinski definition) is 1. The lowest BCUT2D eigenvalue weighted by molar-refractivity contribution is -0.117. The van der Waals surface area contributed by atoms with Crippen LogP contribution in [0.2, 0.25) is 0 Å². The van der Waals surface area contributed by atoms with Gasteiger partial charge in [-0.3, -0.25) is 18.5 Å². The zero-order chi connectivity index (χ0) is 21.2. The van der Waals surface area contributed by atoms with Crippen molar-refractivity contribution in [1.29, 1.82) is 0 Å². The van der Waals surface area contributed by atoms with E-state index in [1.54, 1.807) is 60.0 Å². The topological polar surface area (TPSA) is 88.5 Å². The number of fused-ring (bicyclic) bond motifs is 1. The van der Waals surface area contributed by atoms with Crippen LogP contribution >= 0.6 is 11.3 Å². The molecule has 0 aliphatic heterocycles. The van der Waals surface area contributed by atoms with Gasteiger partial charge in [0.05, 0.1) is 22.2 Å². The summed E-state index contributed by atoms with van der Waals surface area (Å²) in [5.74, 6) is -0.427. The minimum Gasteiger partial charge on any atom is -0.324 e. The van der Waals surface area contributed by atoms with Gasteiger partial charge in [0.2, 0.25) is 15.9 Å². The number of carbonyl (C=O) groups excluding carboxylic acids is 1. The molecular formula is C20H23N3O4S2. The van der Waals surface area contributed by atoms with Crippen LogP contribution < -0.4 is 14.5 Å². The number of para-hydroxylation sites is 1. The van der Waals surface area contributed by atoms with Gasteiger partial charge in [-0.1, -0.05) is 36.5 Å². The molecule has 0 spiro atoms. The van der Waals surface area contributed by atoms with E-state index in [2.05, 4.69) is 5.32 Å². The van der Waals surface area contributed by atoms with Crippen LogP contribution in [0.4, 0.5) is 11.4 Å². The normalized spacial score (nSPS) is 12.7. The number of nitrogens with zero attached hydrogens (tertiary/aromatic N) is 2. The van der Waals surface area contributed by atoms with Crippen molar-refractivity contribution in [3.63, 3.8) is 0 Å². The summed E-state index contributed by atoms with van der Waals surface area (Å²) >= 11 is 1.12.